The van der Waals surface area contributed by atoms with Gasteiger partial charge >= 0.3 is 0 Å². The van der Waals surface area contributed by atoms with Crippen LogP contribution in [-0.2, 0) is 0 Å². The van der Waals surface area contributed by atoms with E-state index in [4.69, 9.17) is 0 Å². The van der Waals surface area contributed by atoms with E-state index in [0.29, 0.717) is 0 Å². The number of aromatic nitrogens is 1. The highest BCUT2D eigenvalue weighted by Crippen LogP contribution is 2.18. The zero-order valence-electron chi connectivity index (χ0n) is 10.6. The largest absolute Gasteiger partial charge is 0.248 e. The molecule has 1 aromatic heterocycles. The van der Waals surface area contributed by atoms with Gasteiger partial charge in [-0.1, -0.05) is 48.8 Å². The first-order chi connectivity index (χ1) is 8.85. The first kappa shape index (κ1) is 12.4. The van der Waals surface area contributed by atoms with Crippen LogP contribution in [0.25, 0.3) is 21.8 Å². The molecular weight excluding hydrogens is 217 g/mol. The molecule has 0 saturated carbocycles. The van der Waals surface area contributed by atoms with Gasteiger partial charge in [-0.2, -0.15) is 0 Å². The summed E-state index contributed by atoms with van der Waals surface area (Å²) < 4.78 is 0. The van der Waals surface area contributed by atoms with Gasteiger partial charge in [0.25, 0.3) is 0 Å². The van der Waals surface area contributed by atoms with E-state index in [2.05, 4.69) is 37.6 Å². The van der Waals surface area contributed by atoms with Crippen LogP contribution in [0.4, 0.5) is 0 Å². The molecule has 88 valence electrons. The third kappa shape index (κ3) is 2.78. The van der Waals surface area contributed by atoms with Gasteiger partial charge in [0, 0.05) is 10.8 Å². The summed E-state index contributed by atoms with van der Waals surface area (Å²) in [6, 6.07) is 18.6. The van der Waals surface area contributed by atoms with Gasteiger partial charge < -0.3 is 0 Å². The standard InChI is InChI=1S/C13H9N.C3H7B/c1-3-7-12-10(5-1)9-11-6-2-4-8-13(11)14-12;1-2-3-4/h1-9H;2H,1,3-4H2. The lowest BCUT2D eigenvalue weighted by Gasteiger charge is -1.99. The normalized spacial score (nSPS) is 9.78. The second-order valence-electron chi connectivity index (χ2n) is 4.07. The molecule has 0 atom stereocenters. The van der Waals surface area contributed by atoms with Crippen molar-refractivity contribution in [1.29, 1.82) is 0 Å². The van der Waals surface area contributed by atoms with Crippen molar-refractivity contribution in [1.82, 2.24) is 4.98 Å². The maximum absolute atomic E-state index is 4.58. The number of hydrogen-bond acceptors (Lipinski definition) is 1. The average molecular weight is 233 g/mol. The topological polar surface area (TPSA) is 12.9 Å². The Morgan fingerprint density at radius 2 is 1.39 bits per heavy atom. The smallest absolute Gasteiger partial charge is 0.106 e. The van der Waals surface area contributed by atoms with Crippen LogP contribution in [0.15, 0.2) is 67.3 Å². The van der Waals surface area contributed by atoms with Crippen molar-refractivity contribution >= 4 is 29.7 Å². The maximum atomic E-state index is 4.58. The third-order valence-electron chi connectivity index (χ3n) is 2.71. The Morgan fingerprint density at radius 1 is 0.944 bits per heavy atom. The molecule has 1 nitrogen and oxygen atoms in total. The highest BCUT2D eigenvalue weighted by molar-refractivity contribution is 6.09. The molecule has 0 spiro atoms. The lowest BCUT2D eigenvalue weighted by molar-refractivity contribution is 1.50. The van der Waals surface area contributed by atoms with Crippen molar-refractivity contribution in [2.45, 2.75) is 6.32 Å². The van der Waals surface area contributed by atoms with Crippen LogP contribution in [-0.4, -0.2) is 12.8 Å². The van der Waals surface area contributed by atoms with Crippen molar-refractivity contribution in [3.63, 3.8) is 0 Å². The molecule has 0 radical (unpaired) electrons. The predicted molar refractivity (Wildman–Crippen MR) is 82.8 cm³/mol. The molecule has 0 amide bonds. The molecule has 0 aliphatic carbocycles. The van der Waals surface area contributed by atoms with Gasteiger partial charge in [-0.3, -0.25) is 0 Å². The van der Waals surface area contributed by atoms with E-state index in [0.717, 1.165) is 17.4 Å². The van der Waals surface area contributed by atoms with Gasteiger partial charge in [0.2, 0.25) is 0 Å². The van der Waals surface area contributed by atoms with Crippen molar-refractivity contribution in [3.05, 3.63) is 67.3 Å². The average Bonchev–Trinajstić information content (AvgIpc) is 2.45. The summed E-state index contributed by atoms with van der Waals surface area (Å²) in [6.07, 6.45) is 2.96. The summed E-state index contributed by atoms with van der Waals surface area (Å²) in [6.45, 7) is 3.48. The monoisotopic (exact) mass is 233 g/mol. The molecule has 2 heteroatoms. The number of para-hydroxylation sites is 2. The minimum atomic E-state index is 1.06. The molecule has 0 bridgehead atoms. The number of pyridine rings is 1. The molecule has 3 rings (SSSR count). The van der Waals surface area contributed by atoms with E-state index in [-0.39, 0.29) is 0 Å². The van der Waals surface area contributed by atoms with Crippen LogP contribution in [0, 0.1) is 0 Å². The van der Waals surface area contributed by atoms with Crippen molar-refractivity contribution in [2.75, 3.05) is 0 Å². The summed E-state index contributed by atoms with van der Waals surface area (Å²) in [4.78, 5) is 4.58. The highest BCUT2D eigenvalue weighted by atomic mass is 14.7. The number of hydrogen-bond donors (Lipinski definition) is 0. The fourth-order valence-corrected chi connectivity index (χ4v) is 1.72. The number of fused-ring (bicyclic) bond motifs is 2. The number of rotatable bonds is 1. The molecule has 0 unspecified atom stereocenters. The van der Waals surface area contributed by atoms with E-state index >= 15 is 0 Å². The molecule has 3 aromatic rings. The molecule has 2 aromatic carbocycles. The van der Waals surface area contributed by atoms with Gasteiger partial charge in [0.05, 0.1) is 11.0 Å². The fourth-order valence-electron chi connectivity index (χ4n) is 1.72. The van der Waals surface area contributed by atoms with Crippen molar-refractivity contribution in [2.24, 2.45) is 0 Å². The van der Waals surface area contributed by atoms with Gasteiger partial charge in [0.1, 0.15) is 7.85 Å². The Morgan fingerprint density at radius 3 is 1.83 bits per heavy atom. The highest BCUT2D eigenvalue weighted by Gasteiger charge is 1.96. The third-order valence-corrected chi connectivity index (χ3v) is 2.71. The molecule has 1 heterocycles. The Balaban J connectivity index is 0.000000267. The number of nitrogens with zero attached hydrogens (tertiary/aromatic N) is 1. The first-order valence-corrected chi connectivity index (χ1v) is 6.20. The van der Waals surface area contributed by atoms with Crippen LogP contribution in [0.3, 0.4) is 0 Å². The molecule has 0 N–H and O–H groups in total. The summed E-state index contributed by atoms with van der Waals surface area (Å²) in [7, 11) is 2.06. The number of benzene rings is 2. The van der Waals surface area contributed by atoms with E-state index < -0.39 is 0 Å². The van der Waals surface area contributed by atoms with E-state index in [1.807, 2.05) is 42.5 Å². The van der Waals surface area contributed by atoms with Gasteiger partial charge in [-0.15, -0.1) is 6.58 Å². The Kier molecular flexibility index (Phi) is 4.13. The van der Waals surface area contributed by atoms with Gasteiger partial charge in [0.15, 0.2) is 0 Å². The molecule has 18 heavy (non-hydrogen) atoms. The summed E-state index contributed by atoms with van der Waals surface area (Å²) in [5, 5.41) is 2.40. The minimum Gasteiger partial charge on any atom is -0.248 e. The molecule has 0 aliphatic rings. The van der Waals surface area contributed by atoms with Crippen LogP contribution < -0.4 is 0 Å². The van der Waals surface area contributed by atoms with Crippen molar-refractivity contribution < 1.29 is 0 Å². The van der Waals surface area contributed by atoms with Crippen LogP contribution in [0.1, 0.15) is 0 Å². The quantitative estimate of drug-likeness (QED) is 0.355. The second-order valence-corrected chi connectivity index (χ2v) is 4.07. The maximum Gasteiger partial charge on any atom is 0.106 e. The van der Waals surface area contributed by atoms with E-state index in [9.17, 15) is 0 Å². The Bertz CT molecular complexity index is 556. The SMILES string of the molecule is BCC=C.c1ccc2nc3ccccc3cc2c1. The van der Waals surface area contributed by atoms with Crippen LogP contribution in [0.2, 0.25) is 6.32 Å². The Hall–Kier alpha value is -2.09. The Labute approximate surface area is 109 Å². The molecule has 0 fully saturated rings. The summed E-state index contributed by atoms with van der Waals surface area (Å²) in [5.74, 6) is 0. The predicted octanol–water partition coefficient (Wildman–Crippen LogP) is 3.61. The number of allylic oxidation sites excluding steroid dienone is 1. The second kappa shape index (κ2) is 6.01. The molecule has 0 aliphatic heterocycles. The van der Waals surface area contributed by atoms with Crippen LogP contribution in [0.5, 0.6) is 0 Å². The van der Waals surface area contributed by atoms with Gasteiger partial charge in [-0.25, -0.2) is 4.98 Å². The van der Waals surface area contributed by atoms with Gasteiger partial charge in [-0.05, 0) is 18.2 Å². The first-order valence-electron chi connectivity index (χ1n) is 6.20. The van der Waals surface area contributed by atoms with Crippen LogP contribution >= 0.6 is 0 Å². The lowest BCUT2D eigenvalue weighted by Crippen LogP contribution is -1.80. The summed E-state index contributed by atoms with van der Waals surface area (Å²) in [5.41, 5.74) is 2.12. The lowest BCUT2D eigenvalue weighted by atomic mass is 10.1. The molecular formula is C16H16BN. The van der Waals surface area contributed by atoms with E-state index in [1.165, 1.54) is 10.8 Å². The molecule has 0 saturated heterocycles. The minimum absolute atomic E-state index is 1.06. The van der Waals surface area contributed by atoms with E-state index in [1.54, 1.807) is 0 Å². The summed E-state index contributed by atoms with van der Waals surface area (Å²) >= 11 is 0. The van der Waals surface area contributed by atoms with Crippen molar-refractivity contribution in [3.8, 4) is 0 Å². The zero-order valence-corrected chi connectivity index (χ0v) is 10.6. The zero-order chi connectivity index (χ0) is 12.8. The fraction of sp³-hybridized carbons (Fsp3) is 0.0625.